The summed E-state index contributed by atoms with van der Waals surface area (Å²) in [5, 5.41) is 4.22. The quantitative estimate of drug-likeness (QED) is 0.722. The molecular weight excluding hydrogens is 218 g/mol. The number of benzene rings is 1. The largest absolute Gasteiger partial charge is 0.313 e. The Morgan fingerprint density at radius 3 is 2.62 bits per heavy atom. The topological polar surface area (TPSA) is 12.0 Å². The van der Waals surface area contributed by atoms with Crippen LogP contribution in [0.3, 0.4) is 0 Å². The van der Waals surface area contributed by atoms with Gasteiger partial charge in [0.15, 0.2) is 0 Å². The summed E-state index contributed by atoms with van der Waals surface area (Å²) < 4.78 is 0. The Labute approximate surface area is 104 Å². The molecule has 90 valence electrons. The van der Waals surface area contributed by atoms with Gasteiger partial charge in [0.1, 0.15) is 0 Å². The van der Waals surface area contributed by atoms with E-state index in [2.05, 4.69) is 25.2 Å². The third-order valence-electron chi connectivity index (χ3n) is 3.05. The van der Waals surface area contributed by atoms with Crippen LogP contribution in [0.4, 0.5) is 0 Å². The second-order valence-electron chi connectivity index (χ2n) is 4.34. The van der Waals surface area contributed by atoms with Crippen molar-refractivity contribution < 1.29 is 0 Å². The van der Waals surface area contributed by atoms with Crippen LogP contribution in [0.15, 0.2) is 18.2 Å². The molecule has 0 aliphatic carbocycles. The zero-order valence-electron chi connectivity index (χ0n) is 10.5. The predicted octanol–water partition coefficient (Wildman–Crippen LogP) is 4.49. The van der Waals surface area contributed by atoms with Gasteiger partial charge in [-0.25, -0.2) is 0 Å². The first-order valence-corrected chi connectivity index (χ1v) is 6.50. The molecule has 0 fully saturated rings. The lowest BCUT2D eigenvalue weighted by Crippen LogP contribution is -2.17. The molecular formula is C14H22ClN. The minimum Gasteiger partial charge on any atom is -0.313 e. The van der Waals surface area contributed by atoms with Crippen molar-refractivity contribution in [1.29, 1.82) is 0 Å². The highest BCUT2D eigenvalue weighted by Crippen LogP contribution is 2.25. The molecule has 0 saturated heterocycles. The fourth-order valence-corrected chi connectivity index (χ4v) is 2.31. The molecule has 1 atom stereocenters. The normalized spacial score (nSPS) is 12.8. The molecule has 2 heteroatoms. The Hall–Kier alpha value is -0.530. The van der Waals surface area contributed by atoms with E-state index < -0.39 is 0 Å². The van der Waals surface area contributed by atoms with Gasteiger partial charge in [-0.1, -0.05) is 43.9 Å². The van der Waals surface area contributed by atoms with Crippen molar-refractivity contribution in [3.8, 4) is 0 Å². The molecule has 1 aromatic rings. The summed E-state index contributed by atoms with van der Waals surface area (Å²) in [7, 11) is 2.03. The van der Waals surface area contributed by atoms with Crippen molar-refractivity contribution in [2.45, 2.75) is 45.6 Å². The average molecular weight is 240 g/mol. The van der Waals surface area contributed by atoms with Crippen LogP contribution in [0.1, 0.15) is 49.8 Å². The van der Waals surface area contributed by atoms with E-state index in [0.717, 1.165) is 5.02 Å². The number of rotatable bonds is 6. The minimum absolute atomic E-state index is 0.462. The van der Waals surface area contributed by atoms with Crippen molar-refractivity contribution in [2.75, 3.05) is 7.05 Å². The zero-order valence-corrected chi connectivity index (χ0v) is 11.3. The van der Waals surface area contributed by atoms with Gasteiger partial charge in [0.05, 0.1) is 0 Å². The van der Waals surface area contributed by atoms with E-state index in [0.29, 0.717) is 6.04 Å². The summed E-state index contributed by atoms with van der Waals surface area (Å²) in [4.78, 5) is 0. The highest BCUT2D eigenvalue weighted by Gasteiger charge is 2.11. The molecule has 1 aromatic carbocycles. The van der Waals surface area contributed by atoms with E-state index >= 15 is 0 Å². The van der Waals surface area contributed by atoms with Gasteiger partial charge >= 0.3 is 0 Å². The third-order valence-corrected chi connectivity index (χ3v) is 3.29. The highest BCUT2D eigenvalue weighted by molar-refractivity contribution is 6.30. The number of unbranched alkanes of at least 4 members (excludes halogenated alkanes) is 2. The van der Waals surface area contributed by atoms with Gasteiger partial charge in [-0.15, -0.1) is 0 Å². The molecule has 1 nitrogen and oxygen atoms in total. The molecule has 0 heterocycles. The highest BCUT2D eigenvalue weighted by atomic mass is 35.5. The molecule has 0 aliphatic rings. The monoisotopic (exact) mass is 239 g/mol. The van der Waals surface area contributed by atoms with Crippen molar-refractivity contribution in [2.24, 2.45) is 0 Å². The van der Waals surface area contributed by atoms with Crippen LogP contribution < -0.4 is 5.32 Å². The van der Waals surface area contributed by atoms with E-state index in [1.54, 1.807) is 0 Å². The fourth-order valence-electron chi connectivity index (χ4n) is 2.08. The maximum absolute atomic E-state index is 5.97. The SMILES string of the molecule is CCCCCC(NC)c1ccc(Cl)cc1C. The lowest BCUT2D eigenvalue weighted by Gasteiger charge is -2.19. The number of nitrogens with one attached hydrogen (secondary N) is 1. The van der Waals surface area contributed by atoms with Crippen molar-refractivity contribution >= 4 is 11.6 Å². The second kappa shape index (κ2) is 6.93. The predicted molar refractivity (Wildman–Crippen MR) is 72.1 cm³/mol. The van der Waals surface area contributed by atoms with Gasteiger partial charge in [-0.3, -0.25) is 0 Å². The molecule has 0 aromatic heterocycles. The number of hydrogen-bond donors (Lipinski definition) is 1. The smallest absolute Gasteiger partial charge is 0.0408 e. The van der Waals surface area contributed by atoms with E-state index in [1.165, 1.54) is 36.8 Å². The standard InChI is InChI=1S/C14H22ClN/c1-4-5-6-7-14(16-3)13-9-8-12(15)10-11(13)2/h8-10,14,16H,4-7H2,1-3H3. The Morgan fingerprint density at radius 2 is 2.06 bits per heavy atom. The van der Waals surface area contributed by atoms with E-state index in [1.807, 2.05) is 19.2 Å². The van der Waals surface area contributed by atoms with Crippen LogP contribution in [0.25, 0.3) is 0 Å². The van der Waals surface area contributed by atoms with Crippen LogP contribution in [0, 0.1) is 6.92 Å². The minimum atomic E-state index is 0.462. The number of hydrogen-bond acceptors (Lipinski definition) is 1. The van der Waals surface area contributed by atoms with Gasteiger partial charge in [0.2, 0.25) is 0 Å². The van der Waals surface area contributed by atoms with Gasteiger partial charge in [0.25, 0.3) is 0 Å². The maximum Gasteiger partial charge on any atom is 0.0408 e. The number of halogens is 1. The number of aryl methyl sites for hydroxylation is 1. The maximum atomic E-state index is 5.97. The van der Waals surface area contributed by atoms with Crippen LogP contribution in [-0.2, 0) is 0 Å². The summed E-state index contributed by atoms with van der Waals surface area (Å²) in [6.45, 7) is 4.37. The zero-order chi connectivity index (χ0) is 12.0. The molecule has 0 aliphatic heterocycles. The van der Waals surface area contributed by atoms with Crippen molar-refractivity contribution in [3.05, 3.63) is 34.3 Å². The van der Waals surface area contributed by atoms with Gasteiger partial charge < -0.3 is 5.32 Å². The van der Waals surface area contributed by atoms with Crippen molar-refractivity contribution in [3.63, 3.8) is 0 Å². The van der Waals surface area contributed by atoms with E-state index in [9.17, 15) is 0 Å². The lowest BCUT2D eigenvalue weighted by atomic mass is 9.97. The van der Waals surface area contributed by atoms with E-state index in [4.69, 9.17) is 11.6 Å². The molecule has 0 bridgehead atoms. The first kappa shape index (κ1) is 13.5. The van der Waals surface area contributed by atoms with E-state index in [-0.39, 0.29) is 0 Å². The van der Waals surface area contributed by atoms with Gasteiger partial charge in [0, 0.05) is 11.1 Å². The van der Waals surface area contributed by atoms with Crippen LogP contribution in [0.5, 0.6) is 0 Å². The molecule has 0 spiro atoms. The molecule has 0 amide bonds. The average Bonchev–Trinajstić information content (AvgIpc) is 2.26. The van der Waals surface area contributed by atoms with Crippen molar-refractivity contribution in [1.82, 2.24) is 5.32 Å². The Morgan fingerprint density at radius 1 is 1.31 bits per heavy atom. The third kappa shape index (κ3) is 3.80. The molecule has 1 rings (SSSR count). The first-order valence-electron chi connectivity index (χ1n) is 6.12. The molecule has 0 radical (unpaired) electrons. The fraction of sp³-hybridized carbons (Fsp3) is 0.571. The summed E-state index contributed by atoms with van der Waals surface area (Å²) in [6.07, 6.45) is 5.07. The molecule has 1 unspecified atom stereocenters. The summed E-state index contributed by atoms with van der Waals surface area (Å²) in [6, 6.07) is 6.63. The summed E-state index contributed by atoms with van der Waals surface area (Å²) in [5.41, 5.74) is 2.66. The van der Waals surface area contributed by atoms with Crippen LogP contribution in [0.2, 0.25) is 5.02 Å². The molecule has 16 heavy (non-hydrogen) atoms. The summed E-state index contributed by atoms with van der Waals surface area (Å²) >= 11 is 5.97. The van der Waals surface area contributed by atoms with Crippen LogP contribution >= 0.6 is 11.6 Å². The van der Waals surface area contributed by atoms with Gasteiger partial charge in [-0.05, 0) is 43.7 Å². The molecule has 0 saturated carbocycles. The Bertz CT molecular complexity index is 323. The Kier molecular flexibility index (Phi) is 5.86. The first-order chi connectivity index (χ1) is 7.69. The second-order valence-corrected chi connectivity index (χ2v) is 4.77. The molecule has 1 N–H and O–H groups in total. The Balaban J connectivity index is 2.70. The van der Waals surface area contributed by atoms with Crippen LogP contribution in [-0.4, -0.2) is 7.05 Å². The van der Waals surface area contributed by atoms with Gasteiger partial charge in [-0.2, -0.15) is 0 Å². The summed E-state index contributed by atoms with van der Waals surface area (Å²) in [5.74, 6) is 0. The lowest BCUT2D eigenvalue weighted by molar-refractivity contribution is 0.510.